The van der Waals surface area contributed by atoms with Crippen molar-refractivity contribution >= 4 is 5.91 Å². The van der Waals surface area contributed by atoms with Gasteiger partial charge in [-0.3, -0.25) is 10.2 Å². The molecule has 1 aromatic rings. The van der Waals surface area contributed by atoms with Crippen molar-refractivity contribution in [1.29, 1.82) is 0 Å². The van der Waals surface area contributed by atoms with Crippen LogP contribution in [-0.4, -0.2) is 28.1 Å². The van der Waals surface area contributed by atoms with Gasteiger partial charge in [-0.05, 0) is 45.7 Å². The van der Waals surface area contributed by atoms with Gasteiger partial charge in [0.25, 0.3) is 5.91 Å². The summed E-state index contributed by atoms with van der Waals surface area (Å²) in [4.78, 5) is 12.3. The number of amides is 1. The number of nitrogens with one attached hydrogen (secondary N) is 1. The van der Waals surface area contributed by atoms with Gasteiger partial charge in [-0.1, -0.05) is 18.1 Å². The fraction of sp³-hybridized carbons (Fsp3) is 0.533. The van der Waals surface area contributed by atoms with Crippen molar-refractivity contribution < 1.29 is 9.90 Å². The topological polar surface area (TPSA) is 52.6 Å². The van der Waals surface area contributed by atoms with Crippen LogP contribution in [0.5, 0.6) is 5.75 Å². The van der Waals surface area contributed by atoms with Crippen molar-refractivity contribution in [2.24, 2.45) is 0 Å². The number of hydrogen-bond donors (Lipinski definition) is 2. The summed E-state index contributed by atoms with van der Waals surface area (Å²) in [7, 11) is 0. The SMILES string of the molecule is Cc1ccc(O)c(C(=O)NN2C(C)CCCC2C)c1. The number of piperidine rings is 1. The predicted molar refractivity (Wildman–Crippen MR) is 74.9 cm³/mol. The van der Waals surface area contributed by atoms with Crippen molar-refractivity contribution in [3.8, 4) is 5.75 Å². The Morgan fingerprint density at radius 1 is 1.32 bits per heavy atom. The molecule has 1 amide bonds. The Morgan fingerprint density at radius 3 is 2.58 bits per heavy atom. The number of rotatable bonds is 2. The molecule has 4 heteroatoms. The van der Waals surface area contributed by atoms with Crippen LogP contribution in [0, 0.1) is 6.92 Å². The average Bonchev–Trinajstić information content (AvgIpc) is 2.37. The summed E-state index contributed by atoms with van der Waals surface area (Å²) in [6.45, 7) is 6.14. The molecule has 0 bridgehead atoms. The van der Waals surface area contributed by atoms with Crippen LogP contribution in [-0.2, 0) is 0 Å². The second-order valence-corrected chi connectivity index (χ2v) is 5.50. The molecular weight excluding hydrogens is 240 g/mol. The van der Waals surface area contributed by atoms with Crippen molar-refractivity contribution in [2.45, 2.75) is 52.1 Å². The molecule has 2 atom stereocenters. The third-order valence-electron chi connectivity index (χ3n) is 3.82. The Labute approximate surface area is 114 Å². The fourth-order valence-corrected chi connectivity index (χ4v) is 2.65. The maximum absolute atomic E-state index is 12.3. The highest BCUT2D eigenvalue weighted by atomic mass is 16.3. The van der Waals surface area contributed by atoms with E-state index in [0.717, 1.165) is 18.4 Å². The Kier molecular flexibility index (Phi) is 4.10. The lowest BCUT2D eigenvalue weighted by molar-refractivity contribution is 0.0368. The van der Waals surface area contributed by atoms with Gasteiger partial charge in [0.2, 0.25) is 0 Å². The molecule has 1 aliphatic rings. The lowest BCUT2D eigenvalue weighted by Gasteiger charge is -2.38. The smallest absolute Gasteiger partial charge is 0.269 e. The van der Waals surface area contributed by atoms with Gasteiger partial charge in [-0.15, -0.1) is 0 Å². The van der Waals surface area contributed by atoms with Gasteiger partial charge in [0.15, 0.2) is 0 Å². The van der Waals surface area contributed by atoms with Crippen LogP contribution in [0.1, 0.15) is 49.0 Å². The van der Waals surface area contributed by atoms with Gasteiger partial charge in [0, 0.05) is 12.1 Å². The molecule has 1 aliphatic heterocycles. The molecule has 0 aromatic heterocycles. The molecule has 104 valence electrons. The van der Waals surface area contributed by atoms with E-state index < -0.39 is 0 Å². The zero-order valence-electron chi connectivity index (χ0n) is 11.8. The highest BCUT2D eigenvalue weighted by molar-refractivity contribution is 5.96. The van der Waals surface area contributed by atoms with Crippen LogP contribution >= 0.6 is 0 Å². The summed E-state index contributed by atoms with van der Waals surface area (Å²) in [5.41, 5.74) is 4.24. The molecule has 1 fully saturated rings. The molecule has 4 nitrogen and oxygen atoms in total. The molecule has 2 rings (SSSR count). The Balaban J connectivity index is 2.14. The Hall–Kier alpha value is -1.55. The van der Waals surface area contributed by atoms with E-state index in [9.17, 15) is 9.90 Å². The highest BCUT2D eigenvalue weighted by Crippen LogP contribution is 2.22. The normalized spacial score (nSPS) is 24.2. The summed E-state index contributed by atoms with van der Waals surface area (Å²) in [5.74, 6) is -0.206. The van der Waals surface area contributed by atoms with E-state index in [1.165, 1.54) is 6.42 Å². The van der Waals surface area contributed by atoms with Crippen molar-refractivity contribution in [1.82, 2.24) is 10.4 Å². The van der Waals surface area contributed by atoms with Crippen molar-refractivity contribution in [3.05, 3.63) is 29.3 Å². The number of hydrogen-bond acceptors (Lipinski definition) is 3. The van der Waals surface area contributed by atoms with E-state index >= 15 is 0 Å². The quantitative estimate of drug-likeness (QED) is 0.861. The summed E-state index contributed by atoms with van der Waals surface area (Å²) < 4.78 is 0. The van der Waals surface area contributed by atoms with Gasteiger partial charge in [0.1, 0.15) is 5.75 Å². The molecule has 2 unspecified atom stereocenters. The van der Waals surface area contributed by atoms with Gasteiger partial charge < -0.3 is 5.11 Å². The van der Waals surface area contributed by atoms with Crippen LogP contribution in [0.15, 0.2) is 18.2 Å². The molecule has 1 saturated heterocycles. The lowest BCUT2D eigenvalue weighted by atomic mass is 10.00. The van der Waals surface area contributed by atoms with Gasteiger partial charge in [-0.2, -0.15) is 0 Å². The van der Waals surface area contributed by atoms with Crippen LogP contribution in [0.3, 0.4) is 0 Å². The summed E-state index contributed by atoms with van der Waals surface area (Å²) >= 11 is 0. The maximum atomic E-state index is 12.3. The first-order valence-electron chi connectivity index (χ1n) is 6.88. The minimum atomic E-state index is -0.234. The maximum Gasteiger partial charge on any atom is 0.269 e. The van der Waals surface area contributed by atoms with Crippen LogP contribution in [0.25, 0.3) is 0 Å². The second-order valence-electron chi connectivity index (χ2n) is 5.50. The molecule has 0 saturated carbocycles. The summed E-state index contributed by atoms with van der Waals surface area (Å²) in [6.07, 6.45) is 3.37. The number of aryl methyl sites for hydroxylation is 1. The number of nitrogens with zero attached hydrogens (tertiary/aromatic N) is 1. The first-order valence-corrected chi connectivity index (χ1v) is 6.88. The Bertz CT molecular complexity index is 463. The van der Waals surface area contributed by atoms with E-state index in [1.54, 1.807) is 18.2 Å². The van der Waals surface area contributed by atoms with Gasteiger partial charge >= 0.3 is 0 Å². The molecule has 0 radical (unpaired) electrons. The van der Waals surface area contributed by atoms with E-state index in [2.05, 4.69) is 19.3 Å². The van der Waals surface area contributed by atoms with E-state index in [4.69, 9.17) is 0 Å². The third kappa shape index (κ3) is 3.07. The van der Waals surface area contributed by atoms with Gasteiger partial charge in [-0.25, -0.2) is 5.01 Å². The minimum Gasteiger partial charge on any atom is -0.507 e. The molecule has 1 aromatic carbocycles. The highest BCUT2D eigenvalue weighted by Gasteiger charge is 2.27. The zero-order chi connectivity index (χ0) is 14.0. The largest absolute Gasteiger partial charge is 0.507 e. The van der Waals surface area contributed by atoms with Crippen molar-refractivity contribution in [3.63, 3.8) is 0 Å². The second kappa shape index (κ2) is 5.61. The van der Waals surface area contributed by atoms with Crippen LogP contribution in [0.2, 0.25) is 0 Å². The number of benzene rings is 1. The number of carbonyl (C=O) groups excluding carboxylic acids is 1. The zero-order valence-corrected chi connectivity index (χ0v) is 11.8. The molecule has 0 aliphatic carbocycles. The number of carbonyl (C=O) groups is 1. The summed E-state index contributed by atoms with van der Waals surface area (Å²) in [5, 5.41) is 11.8. The van der Waals surface area contributed by atoms with Crippen molar-refractivity contribution in [2.75, 3.05) is 0 Å². The molecule has 1 heterocycles. The molecule has 0 spiro atoms. The van der Waals surface area contributed by atoms with E-state index in [0.29, 0.717) is 17.6 Å². The molecular formula is C15H22N2O2. The van der Waals surface area contributed by atoms with Crippen LogP contribution in [0.4, 0.5) is 0 Å². The number of aromatic hydroxyl groups is 1. The van der Waals surface area contributed by atoms with Gasteiger partial charge in [0.05, 0.1) is 5.56 Å². The van der Waals surface area contributed by atoms with E-state index in [-0.39, 0.29) is 11.7 Å². The average molecular weight is 262 g/mol. The lowest BCUT2D eigenvalue weighted by Crippen LogP contribution is -2.54. The van der Waals surface area contributed by atoms with Crippen LogP contribution < -0.4 is 5.43 Å². The third-order valence-corrected chi connectivity index (χ3v) is 3.82. The first kappa shape index (κ1) is 13.9. The standard InChI is InChI=1S/C15H22N2O2/c1-10-7-8-14(18)13(9-10)15(19)16-17-11(2)5-4-6-12(17)3/h7-9,11-12,18H,4-6H2,1-3H3,(H,16,19). The Morgan fingerprint density at radius 2 is 1.95 bits per heavy atom. The first-order chi connectivity index (χ1) is 8.99. The predicted octanol–water partition coefficient (Wildman–Crippen LogP) is 2.61. The van der Waals surface area contributed by atoms with E-state index in [1.807, 2.05) is 11.9 Å². The minimum absolute atomic E-state index is 0.0282. The summed E-state index contributed by atoms with van der Waals surface area (Å²) in [6, 6.07) is 5.73. The molecule has 2 N–H and O–H groups in total. The molecule has 19 heavy (non-hydrogen) atoms. The number of phenols is 1. The number of phenolic OH excluding ortho intramolecular Hbond substituents is 1. The fourth-order valence-electron chi connectivity index (χ4n) is 2.65. The monoisotopic (exact) mass is 262 g/mol. The number of hydrazine groups is 1.